The number of hydrogen-bond acceptors (Lipinski definition) is 2. The first kappa shape index (κ1) is 10.9. The second-order valence-corrected chi connectivity index (χ2v) is 3.34. The lowest BCUT2D eigenvalue weighted by Gasteiger charge is -2.03. The lowest BCUT2D eigenvalue weighted by molar-refractivity contribution is -0.116. The van der Waals surface area contributed by atoms with E-state index in [1.54, 1.807) is 6.92 Å². The van der Waals surface area contributed by atoms with Crippen molar-refractivity contribution in [1.29, 1.82) is 0 Å². The van der Waals surface area contributed by atoms with Gasteiger partial charge in [-0.2, -0.15) is 0 Å². The molecule has 1 aromatic rings. The van der Waals surface area contributed by atoms with Gasteiger partial charge in [0.25, 0.3) is 0 Å². The van der Waals surface area contributed by atoms with Crippen molar-refractivity contribution in [2.24, 2.45) is 0 Å². The standard InChI is InChI=1S/C12H16O2/c1-3-14-9-12-6-4-5-11(8-12)7-10(2)13/h4-6,8H,3,7,9H2,1-2H3. The van der Waals surface area contributed by atoms with E-state index in [1.165, 1.54) is 0 Å². The number of carbonyl (C=O) groups excluding carboxylic acids is 1. The normalized spacial score (nSPS) is 10.1. The summed E-state index contributed by atoms with van der Waals surface area (Å²) in [6.45, 7) is 4.92. The molecule has 0 aliphatic carbocycles. The summed E-state index contributed by atoms with van der Waals surface area (Å²) in [6.07, 6.45) is 0.514. The summed E-state index contributed by atoms with van der Waals surface area (Å²) < 4.78 is 5.29. The highest BCUT2D eigenvalue weighted by atomic mass is 16.5. The molecule has 0 saturated carbocycles. The maximum Gasteiger partial charge on any atom is 0.134 e. The zero-order chi connectivity index (χ0) is 10.4. The van der Waals surface area contributed by atoms with Gasteiger partial charge in [-0.1, -0.05) is 24.3 Å². The molecule has 0 unspecified atom stereocenters. The highest BCUT2D eigenvalue weighted by molar-refractivity contribution is 5.78. The van der Waals surface area contributed by atoms with Crippen LogP contribution in [0.15, 0.2) is 24.3 Å². The van der Waals surface area contributed by atoms with Gasteiger partial charge in [0.1, 0.15) is 5.78 Å². The zero-order valence-corrected chi connectivity index (χ0v) is 8.75. The molecule has 0 atom stereocenters. The molecule has 0 amide bonds. The van der Waals surface area contributed by atoms with Crippen LogP contribution in [-0.4, -0.2) is 12.4 Å². The van der Waals surface area contributed by atoms with Crippen molar-refractivity contribution in [2.75, 3.05) is 6.61 Å². The van der Waals surface area contributed by atoms with Gasteiger partial charge < -0.3 is 4.74 Å². The van der Waals surface area contributed by atoms with E-state index in [4.69, 9.17) is 4.74 Å². The fourth-order valence-electron chi connectivity index (χ4n) is 1.34. The fraction of sp³-hybridized carbons (Fsp3) is 0.417. The molecule has 0 aliphatic rings. The summed E-state index contributed by atoms with van der Waals surface area (Å²) >= 11 is 0. The smallest absolute Gasteiger partial charge is 0.134 e. The number of ketones is 1. The molecule has 14 heavy (non-hydrogen) atoms. The molecule has 2 nitrogen and oxygen atoms in total. The second kappa shape index (κ2) is 5.55. The van der Waals surface area contributed by atoms with Crippen LogP contribution in [0.25, 0.3) is 0 Å². The van der Waals surface area contributed by atoms with Crippen LogP contribution in [-0.2, 0) is 22.6 Å². The molecule has 1 rings (SSSR count). The van der Waals surface area contributed by atoms with Gasteiger partial charge in [-0.3, -0.25) is 4.79 Å². The maximum absolute atomic E-state index is 10.9. The molecule has 0 radical (unpaired) electrons. The molecule has 0 N–H and O–H groups in total. The lowest BCUT2D eigenvalue weighted by Crippen LogP contribution is -1.98. The van der Waals surface area contributed by atoms with Crippen LogP contribution in [0.3, 0.4) is 0 Å². The minimum absolute atomic E-state index is 0.193. The van der Waals surface area contributed by atoms with Crippen LogP contribution in [0.5, 0.6) is 0 Å². The molecule has 2 heteroatoms. The van der Waals surface area contributed by atoms with E-state index in [-0.39, 0.29) is 5.78 Å². The van der Waals surface area contributed by atoms with Crippen molar-refractivity contribution < 1.29 is 9.53 Å². The molecule has 0 heterocycles. The third kappa shape index (κ3) is 3.71. The Morgan fingerprint density at radius 1 is 1.36 bits per heavy atom. The summed E-state index contributed by atoms with van der Waals surface area (Å²) in [5, 5.41) is 0. The monoisotopic (exact) mass is 192 g/mol. The van der Waals surface area contributed by atoms with E-state index in [0.717, 1.165) is 17.7 Å². The third-order valence-corrected chi connectivity index (χ3v) is 1.92. The highest BCUT2D eigenvalue weighted by Gasteiger charge is 1.98. The predicted octanol–water partition coefficient (Wildman–Crippen LogP) is 2.35. The quantitative estimate of drug-likeness (QED) is 0.715. The molecule has 0 saturated heterocycles. The highest BCUT2D eigenvalue weighted by Crippen LogP contribution is 2.07. The molecular formula is C12H16O2. The van der Waals surface area contributed by atoms with Gasteiger partial charge >= 0.3 is 0 Å². The Morgan fingerprint density at radius 3 is 2.71 bits per heavy atom. The van der Waals surface area contributed by atoms with E-state index in [0.29, 0.717) is 13.0 Å². The van der Waals surface area contributed by atoms with Crippen LogP contribution in [0.4, 0.5) is 0 Å². The summed E-state index contributed by atoms with van der Waals surface area (Å²) in [4.78, 5) is 10.9. The van der Waals surface area contributed by atoms with E-state index >= 15 is 0 Å². The topological polar surface area (TPSA) is 26.3 Å². The number of carbonyl (C=O) groups is 1. The number of Topliss-reactive ketones (excluding diaryl/α,β-unsaturated/α-hetero) is 1. The number of ether oxygens (including phenoxy) is 1. The number of benzene rings is 1. The summed E-state index contributed by atoms with van der Waals surface area (Å²) in [6, 6.07) is 7.97. The van der Waals surface area contributed by atoms with Crippen LogP contribution in [0.2, 0.25) is 0 Å². The second-order valence-electron chi connectivity index (χ2n) is 3.34. The van der Waals surface area contributed by atoms with E-state index < -0.39 is 0 Å². The van der Waals surface area contributed by atoms with Crippen LogP contribution in [0, 0.1) is 0 Å². The molecule has 76 valence electrons. The third-order valence-electron chi connectivity index (χ3n) is 1.92. The summed E-state index contributed by atoms with van der Waals surface area (Å²) in [5.74, 6) is 0.193. The van der Waals surface area contributed by atoms with Crippen LogP contribution >= 0.6 is 0 Å². The fourth-order valence-corrected chi connectivity index (χ4v) is 1.34. The molecule has 0 aliphatic heterocycles. The lowest BCUT2D eigenvalue weighted by atomic mass is 10.1. The Morgan fingerprint density at radius 2 is 2.07 bits per heavy atom. The van der Waals surface area contributed by atoms with E-state index in [1.807, 2.05) is 31.2 Å². The predicted molar refractivity (Wildman–Crippen MR) is 56.2 cm³/mol. The Balaban J connectivity index is 2.63. The minimum atomic E-state index is 0.193. The largest absolute Gasteiger partial charge is 0.377 e. The summed E-state index contributed by atoms with van der Waals surface area (Å²) in [5.41, 5.74) is 2.19. The summed E-state index contributed by atoms with van der Waals surface area (Å²) in [7, 11) is 0. The van der Waals surface area contributed by atoms with Gasteiger partial charge in [0, 0.05) is 13.0 Å². The van der Waals surface area contributed by atoms with Crippen LogP contribution in [0.1, 0.15) is 25.0 Å². The first-order chi connectivity index (χ1) is 6.72. The molecule has 1 aromatic carbocycles. The maximum atomic E-state index is 10.9. The van der Waals surface area contributed by atoms with Crippen molar-refractivity contribution >= 4 is 5.78 Å². The first-order valence-electron chi connectivity index (χ1n) is 4.87. The first-order valence-corrected chi connectivity index (χ1v) is 4.87. The van der Waals surface area contributed by atoms with Gasteiger partial charge in [0.05, 0.1) is 6.61 Å². The van der Waals surface area contributed by atoms with Crippen molar-refractivity contribution in [1.82, 2.24) is 0 Å². The van der Waals surface area contributed by atoms with Gasteiger partial charge in [-0.05, 0) is 25.0 Å². The molecule has 0 spiro atoms. The van der Waals surface area contributed by atoms with Crippen molar-refractivity contribution in [3.05, 3.63) is 35.4 Å². The SMILES string of the molecule is CCOCc1cccc(CC(C)=O)c1. The molecule has 0 bridgehead atoms. The minimum Gasteiger partial charge on any atom is -0.377 e. The average Bonchev–Trinajstić information content (AvgIpc) is 2.14. The van der Waals surface area contributed by atoms with Crippen molar-refractivity contribution in [3.63, 3.8) is 0 Å². The Bertz CT molecular complexity index is 305. The number of rotatable bonds is 5. The molecule has 0 aromatic heterocycles. The van der Waals surface area contributed by atoms with E-state index in [9.17, 15) is 4.79 Å². The van der Waals surface area contributed by atoms with E-state index in [2.05, 4.69) is 0 Å². The van der Waals surface area contributed by atoms with Gasteiger partial charge in [0.2, 0.25) is 0 Å². The van der Waals surface area contributed by atoms with Gasteiger partial charge in [0.15, 0.2) is 0 Å². The Labute approximate surface area is 84.9 Å². The number of hydrogen-bond donors (Lipinski definition) is 0. The van der Waals surface area contributed by atoms with Gasteiger partial charge in [-0.25, -0.2) is 0 Å². The zero-order valence-electron chi connectivity index (χ0n) is 8.75. The van der Waals surface area contributed by atoms with Crippen LogP contribution < -0.4 is 0 Å². The van der Waals surface area contributed by atoms with Gasteiger partial charge in [-0.15, -0.1) is 0 Å². The van der Waals surface area contributed by atoms with Crippen molar-refractivity contribution in [3.8, 4) is 0 Å². The Kier molecular flexibility index (Phi) is 4.33. The van der Waals surface area contributed by atoms with Crippen molar-refractivity contribution in [2.45, 2.75) is 26.9 Å². The molecular weight excluding hydrogens is 176 g/mol. The average molecular weight is 192 g/mol. The Hall–Kier alpha value is -1.15. The molecule has 0 fully saturated rings.